The van der Waals surface area contributed by atoms with Crippen molar-refractivity contribution < 1.29 is 44.6 Å². The van der Waals surface area contributed by atoms with Crippen LogP contribution >= 0.6 is 0 Å². The zero-order valence-corrected chi connectivity index (χ0v) is 25.0. The molecule has 10 heteroatoms. The number of rotatable bonds is 10. The van der Waals surface area contributed by atoms with Crippen LogP contribution in [-0.4, -0.2) is 18.8 Å². The SMILES string of the molecule is C=CCOC(F)=C(F)c1ccc(C2CCC(C(F)(F)OC3CCC(c4ccc(-c5cc(F)c(F)c(F)c5)c(F)c4)CC3)CC2)cc1. The Hall–Kier alpha value is -3.66. The molecule has 0 bridgehead atoms. The fourth-order valence-electron chi connectivity index (χ4n) is 6.54. The van der Waals surface area contributed by atoms with Crippen molar-refractivity contribution >= 4 is 5.83 Å². The lowest BCUT2D eigenvalue weighted by atomic mass is 9.78. The van der Waals surface area contributed by atoms with E-state index in [1.54, 1.807) is 18.2 Å². The molecule has 0 N–H and O–H groups in total. The molecule has 2 nitrogen and oxygen atoms in total. The molecule has 3 aromatic rings. The molecule has 0 aliphatic heterocycles. The van der Waals surface area contributed by atoms with Crippen LogP contribution in [0.2, 0.25) is 0 Å². The summed E-state index contributed by atoms with van der Waals surface area (Å²) in [5.74, 6) is -7.32. The van der Waals surface area contributed by atoms with Gasteiger partial charge in [0.1, 0.15) is 12.4 Å². The smallest absolute Gasteiger partial charge is 0.358 e. The summed E-state index contributed by atoms with van der Waals surface area (Å²) in [4.78, 5) is 0. The van der Waals surface area contributed by atoms with Gasteiger partial charge < -0.3 is 9.47 Å². The van der Waals surface area contributed by atoms with Gasteiger partial charge in [0, 0.05) is 11.1 Å². The molecular weight excluding hydrogens is 616 g/mol. The summed E-state index contributed by atoms with van der Waals surface area (Å²) in [5, 5.41) is 0. The first-order chi connectivity index (χ1) is 22.0. The van der Waals surface area contributed by atoms with E-state index in [-0.39, 0.29) is 48.0 Å². The molecule has 0 radical (unpaired) electrons. The van der Waals surface area contributed by atoms with E-state index in [1.807, 2.05) is 0 Å². The molecule has 0 amide bonds. The first-order valence-electron chi connectivity index (χ1n) is 15.4. The molecular formula is C36H34F8O2. The van der Waals surface area contributed by atoms with Crippen molar-refractivity contribution in [1.29, 1.82) is 0 Å². The lowest BCUT2D eigenvalue weighted by molar-refractivity contribution is -0.300. The van der Waals surface area contributed by atoms with Crippen LogP contribution in [0.15, 0.2) is 73.3 Å². The molecule has 246 valence electrons. The van der Waals surface area contributed by atoms with Crippen LogP contribution in [0, 0.1) is 29.2 Å². The van der Waals surface area contributed by atoms with Crippen molar-refractivity contribution in [3.05, 3.63) is 113 Å². The maximum atomic E-state index is 15.2. The van der Waals surface area contributed by atoms with Gasteiger partial charge in [-0.3, -0.25) is 0 Å². The van der Waals surface area contributed by atoms with Gasteiger partial charge in [0.15, 0.2) is 17.5 Å². The lowest BCUT2D eigenvalue weighted by Crippen LogP contribution is -2.38. The van der Waals surface area contributed by atoms with Crippen molar-refractivity contribution in [2.24, 2.45) is 5.92 Å². The van der Waals surface area contributed by atoms with Crippen molar-refractivity contribution in [3.8, 4) is 11.1 Å². The average molecular weight is 651 g/mol. The van der Waals surface area contributed by atoms with E-state index in [1.165, 1.54) is 30.3 Å². The van der Waals surface area contributed by atoms with Gasteiger partial charge in [0.2, 0.25) is 5.83 Å². The molecule has 46 heavy (non-hydrogen) atoms. The zero-order valence-electron chi connectivity index (χ0n) is 25.0. The van der Waals surface area contributed by atoms with E-state index in [2.05, 4.69) is 11.3 Å². The molecule has 0 aromatic heterocycles. The summed E-state index contributed by atoms with van der Waals surface area (Å²) in [6.45, 7) is 3.22. The predicted molar refractivity (Wildman–Crippen MR) is 159 cm³/mol. The lowest BCUT2D eigenvalue weighted by Gasteiger charge is -2.37. The topological polar surface area (TPSA) is 18.5 Å². The third-order valence-corrected chi connectivity index (χ3v) is 9.10. The Morgan fingerprint density at radius 2 is 1.30 bits per heavy atom. The number of halogens is 8. The molecule has 0 saturated heterocycles. The van der Waals surface area contributed by atoms with Crippen LogP contribution < -0.4 is 0 Å². The summed E-state index contributed by atoms with van der Waals surface area (Å²) in [5.41, 5.74) is 1.33. The molecule has 0 heterocycles. The quantitative estimate of drug-likeness (QED) is 0.0941. The Bertz CT molecular complexity index is 1530. The minimum Gasteiger partial charge on any atom is -0.464 e. The van der Waals surface area contributed by atoms with Crippen LogP contribution in [0.5, 0.6) is 0 Å². The second kappa shape index (κ2) is 14.4. The standard InChI is InChI=1S/C36H34F8O2/c1-2-17-45-35(42)33(40)24-5-3-21(4-6-24)22-7-12-27(13-8-22)36(43,44)46-28-14-9-23(10-15-28)25-11-16-29(30(37)18-25)26-19-31(38)34(41)32(39)20-26/h2-6,11,16,18-20,22-23,27-28H,1,7-10,12-15,17H2. The predicted octanol–water partition coefficient (Wildman–Crippen LogP) is 11.3. The molecule has 2 fully saturated rings. The second-order valence-corrected chi connectivity index (χ2v) is 12.0. The molecule has 2 aliphatic carbocycles. The Labute approximate surface area is 262 Å². The Morgan fingerprint density at radius 1 is 0.739 bits per heavy atom. The van der Waals surface area contributed by atoms with Crippen LogP contribution in [0.3, 0.4) is 0 Å². The highest BCUT2D eigenvalue weighted by Crippen LogP contribution is 2.45. The van der Waals surface area contributed by atoms with E-state index in [4.69, 9.17) is 4.74 Å². The van der Waals surface area contributed by atoms with Gasteiger partial charge in [-0.1, -0.05) is 49.1 Å². The normalized spacial score (nSPS) is 22.7. The number of hydrogen-bond donors (Lipinski definition) is 0. The molecule has 5 rings (SSSR count). The fourth-order valence-corrected chi connectivity index (χ4v) is 6.54. The number of benzene rings is 3. The number of alkyl halides is 2. The molecule has 3 aromatic carbocycles. The average Bonchev–Trinajstić information content (AvgIpc) is 3.06. The Balaban J connectivity index is 1.12. The van der Waals surface area contributed by atoms with Crippen LogP contribution in [-0.2, 0) is 9.47 Å². The maximum Gasteiger partial charge on any atom is 0.358 e. The van der Waals surface area contributed by atoms with Gasteiger partial charge >= 0.3 is 12.1 Å². The minimum atomic E-state index is -3.31. The largest absolute Gasteiger partial charge is 0.464 e. The Kier molecular flexibility index (Phi) is 10.6. The third kappa shape index (κ3) is 7.65. The summed E-state index contributed by atoms with van der Waals surface area (Å²) in [6.07, 6.45) is 0.584. The van der Waals surface area contributed by atoms with E-state index in [9.17, 15) is 26.3 Å². The van der Waals surface area contributed by atoms with E-state index in [0.29, 0.717) is 44.1 Å². The minimum absolute atomic E-state index is 0.0123. The van der Waals surface area contributed by atoms with Gasteiger partial charge in [0.25, 0.3) is 0 Å². The van der Waals surface area contributed by atoms with Crippen molar-refractivity contribution in [3.63, 3.8) is 0 Å². The van der Waals surface area contributed by atoms with Gasteiger partial charge in [-0.2, -0.15) is 17.6 Å². The summed E-state index contributed by atoms with van der Waals surface area (Å²) in [6, 6.07) is 10.7. The van der Waals surface area contributed by atoms with Gasteiger partial charge in [0.05, 0.1) is 12.0 Å². The van der Waals surface area contributed by atoms with Crippen molar-refractivity contribution in [2.75, 3.05) is 6.61 Å². The van der Waals surface area contributed by atoms with Crippen molar-refractivity contribution in [1.82, 2.24) is 0 Å². The molecule has 2 saturated carbocycles. The zero-order chi connectivity index (χ0) is 33.0. The monoisotopic (exact) mass is 650 g/mol. The third-order valence-electron chi connectivity index (χ3n) is 9.10. The van der Waals surface area contributed by atoms with Crippen LogP contribution in [0.1, 0.15) is 79.9 Å². The molecule has 0 spiro atoms. The highest BCUT2D eigenvalue weighted by molar-refractivity contribution is 5.65. The Morgan fingerprint density at radius 3 is 1.89 bits per heavy atom. The summed E-state index contributed by atoms with van der Waals surface area (Å²) < 4.78 is 124. The molecule has 0 atom stereocenters. The second-order valence-electron chi connectivity index (χ2n) is 12.0. The van der Waals surface area contributed by atoms with Crippen LogP contribution in [0.25, 0.3) is 17.0 Å². The van der Waals surface area contributed by atoms with Crippen LogP contribution in [0.4, 0.5) is 35.1 Å². The molecule has 0 unspecified atom stereocenters. The maximum absolute atomic E-state index is 15.2. The van der Waals surface area contributed by atoms with E-state index >= 15 is 8.78 Å². The van der Waals surface area contributed by atoms with Crippen molar-refractivity contribution in [2.45, 2.75) is 75.4 Å². The molecule has 2 aliphatic rings. The van der Waals surface area contributed by atoms with E-state index < -0.39 is 53.2 Å². The van der Waals surface area contributed by atoms with Gasteiger partial charge in [-0.05, 0) is 98.1 Å². The highest BCUT2D eigenvalue weighted by atomic mass is 19.3. The number of ether oxygens (including phenoxy) is 2. The first-order valence-corrected chi connectivity index (χ1v) is 15.4. The highest BCUT2D eigenvalue weighted by Gasteiger charge is 2.45. The van der Waals surface area contributed by atoms with Gasteiger partial charge in [-0.25, -0.2) is 17.6 Å². The first kappa shape index (κ1) is 33.7. The van der Waals surface area contributed by atoms with Gasteiger partial charge in [-0.15, -0.1) is 0 Å². The summed E-state index contributed by atoms with van der Waals surface area (Å²) >= 11 is 0. The number of hydrogen-bond acceptors (Lipinski definition) is 2. The summed E-state index contributed by atoms with van der Waals surface area (Å²) in [7, 11) is 0. The van der Waals surface area contributed by atoms with E-state index in [0.717, 1.165) is 17.7 Å². The fraction of sp³-hybridized carbons (Fsp3) is 0.389.